The number of anilines is 1. The van der Waals surface area contributed by atoms with E-state index < -0.39 is 11.9 Å². The van der Waals surface area contributed by atoms with Gasteiger partial charge in [-0.2, -0.15) is 0 Å². The molecule has 1 heterocycles. The van der Waals surface area contributed by atoms with Crippen LogP contribution in [0.3, 0.4) is 0 Å². The summed E-state index contributed by atoms with van der Waals surface area (Å²) < 4.78 is 4.55. The van der Waals surface area contributed by atoms with Crippen molar-refractivity contribution in [3.05, 3.63) is 16.3 Å². The molecule has 0 saturated carbocycles. The Morgan fingerprint density at radius 3 is 2.62 bits per heavy atom. The van der Waals surface area contributed by atoms with Crippen molar-refractivity contribution in [2.24, 2.45) is 0 Å². The SMILES string of the molecule is COC(=O)c1cscc1NC(=O)CC(C)=O. The summed E-state index contributed by atoms with van der Waals surface area (Å²) in [6.07, 6.45) is -0.198. The van der Waals surface area contributed by atoms with Crippen LogP contribution in [0.4, 0.5) is 5.69 Å². The number of carbonyl (C=O) groups excluding carboxylic acids is 3. The van der Waals surface area contributed by atoms with Crippen molar-refractivity contribution >= 4 is 34.7 Å². The molecule has 1 N–H and O–H groups in total. The van der Waals surface area contributed by atoms with Crippen LogP contribution >= 0.6 is 11.3 Å². The first-order valence-electron chi connectivity index (χ1n) is 4.48. The van der Waals surface area contributed by atoms with Crippen LogP contribution in [0.25, 0.3) is 0 Å². The van der Waals surface area contributed by atoms with Crippen molar-refractivity contribution in [1.82, 2.24) is 0 Å². The van der Waals surface area contributed by atoms with Crippen LogP contribution < -0.4 is 5.32 Å². The van der Waals surface area contributed by atoms with E-state index in [0.717, 1.165) is 0 Å². The Balaban J connectivity index is 2.74. The fourth-order valence-corrected chi connectivity index (χ4v) is 1.83. The molecule has 1 aromatic rings. The molecule has 0 aliphatic heterocycles. The first-order valence-corrected chi connectivity index (χ1v) is 5.42. The lowest BCUT2D eigenvalue weighted by molar-refractivity contribution is -0.124. The number of esters is 1. The Bertz CT molecular complexity index is 424. The van der Waals surface area contributed by atoms with Gasteiger partial charge in [0.15, 0.2) is 0 Å². The molecule has 0 unspecified atom stereocenters. The third-order valence-electron chi connectivity index (χ3n) is 1.75. The molecule has 0 radical (unpaired) electrons. The minimum absolute atomic E-state index is 0.198. The van der Waals surface area contributed by atoms with Crippen molar-refractivity contribution in [1.29, 1.82) is 0 Å². The van der Waals surface area contributed by atoms with Gasteiger partial charge in [-0.3, -0.25) is 9.59 Å². The summed E-state index contributed by atoms with van der Waals surface area (Å²) >= 11 is 1.27. The molecule has 0 aliphatic rings. The molecule has 16 heavy (non-hydrogen) atoms. The van der Waals surface area contributed by atoms with E-state index in [-0.39, 0.29) is 12.2 Å². The molecular formula is C10H11NO4S. The lowest BCUT2D eigenvalue weighted by atomic mass is 10.2. The fourth-order valence-electron chi connectivity index (χ4n) is 1.08. The van der Waals surface area contributed by atoms with E-state index in [1.807, 2.05) is 0 Å². The van der Waals surface area contributed by atoms with Gasteiger partial charge in [-0.05, 0) is 6.92 Å². The summed E-state index contributed by atoms with van der Waals surface area (Å²) in [5, 5.41) is 5.68. The molecule has 86 valence electrons. The van der Waals surface area contributed by atoms with Gasteiger partial charge in [0.2, 0.25) is 5.91 Å². The Labute approximate surface area is 96.4 Å². The number of rotatable bonds is 4. The van der Waals surface area contributed by atoms with Gasteiger partial charge in [-0.25, -0.2) is 4.79 Å². The number of hydrogen-bond acceptors (Lipinski definition) is 5. The summed E-state index contributed by atoms with van der Waals surface area (Å²) in [6, 6.07) is 0. The van der Waals surface area contributed by atoms with E-state index >= 15 is 0 Å². The number of Topliss-reactive ketones (excluding diaryl/α,β-unsaturated/α-hetero) is 1. The minimum atomic E-state index is -0.514. The Morgan fingerprint density at radius 2 is 2.06 bits per heavy atom. The first-order chi connectivity index (χ1) is 7.54. The highest BCUT2D eigenvalue weighted by Crippen LogP contribution is 2.21. The zero-order valence-electron chi connectivity index (χ0n) is 8.90. The van der Waals surface area contributed by atoms with E-state index in [1.54, 1.807) is 10.8 Å². The molecule has 1 rings (SSSR count). The highest BCUT2D eigenvalue weighted by Gasteiger charge is 2.15. The summed E-state index contributed by atoms with van der Waals surface area (Å²) in [5.74, 6) is -1.18. The maximum Gasteiger partial charge on any atom is 0.340 e. The number of amides is 1. The molecule has 0 fully saturated rings. The van der Waals surface area contributed by atoms with Crippen LogP contribution in [0.1, 0.15) is 23.7 Å². The van der Waals surface area contributed by atoms with Gasteiger partial charge in [0.05, 0.1) is 24.8 Å². The zero-order valence-corrected chi connectivity index (χ0v) is 9.72. The van der Waals surface area contributed by atoms with E-state index in [1.165, 1.54) is 25.4 Å². The Morgan fingerprint density at radius 1 is 1.38 bits per heavy atom. The molecular weight excluding hydrogens is 230 g/mol. The number of thiophene rings is 1. The van der Waals surface area contributed by atoms with E-state index in [0.29, 0.717) is 11.3 Å². The monoisotopic (exact) mass is 241 g/mol. The van der Waals surface area contributed by atoms with Crippen LogP contribution in [0.5, 0.6) is 0 Å². The number of hydrogen-bond donors (Lipinski definition) is 1. The van der Waals surface area contributed by atoms with Gasteiger partial charge in [-0.1, -0.05) is 0 Å². The molecule has 6 heteroatoms. The largest absolute Gasteiger partial charge is 0.465 e. The zero-order chi connectivity index (χ0) is 12.1. The predicted molar refractivity (Wildman–Crippen MR) is 59.6 cm³/mol. The molecule has 0 saturated heterocycles. The summed E-state index contributed by atoms with van der Waals surface area (Å²) in [5.41, 5.74) is 0.674. The molecule has 0 spiro atoms. The summed E-state index contributed by atoms with van der Waals surface area (Å²) in [4.78, 5) is 33.3. The Hall–Kier alpha value is -1.69. The lowest BCUT2D eigenvalue weighted by Crippen LogP contribution is -2.16. The molecule has 1 aromatic heterocycles. The molecule has 0 atom stereocenters. The molecule has 0 aromatic carbocycles. The highest BCUT2D eigenvalue weighted by molar-refractivity contribution is 7.08. The quantitative estimate of drug-likeness (QED) is 0.639. The second-order valence-electron chi connectivity index (χ2n) is 3.12. The van der Waals surface area contributed by atoms with Crippen molar-refractivity contribution in [2.45, 2.75) is 13.3 Å². The van der Waals surface area contributed by atoms with Crippen LogP contribution in [0.15, 0.2) is 10.8 Å². The first kappa shape index (κ1) is 12.4. The predicted octanol–water partition coefficient (Wildman–Crippen LogP) is 1.45. The van der Waals surface area contributed by atoms with Crippen LogP contribution in [-0.2, 0) is 14.3 Å². The normalized spacial score (nSPS) is 9.62. The van der Waals surface area contributed by atoms with Gasteiger partial charge in [-0.15, -0.1) is 11.3 Å². The van der Waals surface area contributed by atoms with Crippen LogP contribution in [0, 0.1) is 0 Å². The molecule has 0 aliphatic carbocycles. The standard InChI is InChI=1S/C10H11NO4S/c1-6(12)3-9(13)11-8-5-16-4-7(8)10(14)15-2/h4-5H,3H2,1-2H3,(H,11,13). The second kappa shape index (κ2) is 5.41. The summed E-state index contributed by atoms with van der Waals surface area (Å²) in [6.45, 7) is 1.33. The number of methoxy groups -OCH3 is 1. The molecule has 1 amide bonds. The second-order valence-corrected chi connectivity index (χ2v) is 3.86. The number of ketones is 1. The maximum atomic E-state index is 11.3. The van der Waals surface area contributed by atoms with Gasteiger partial charge < -0.3 is 10.1 Å². The average molecular weight is 241 g/mol. The van der Waals surface area contributed by atoms with Gasteiger partial charge in [0.1, 0.15) is 5.78 Å². The average Bonchev–Trinajstić information content (AvgIpc) is 2.63. The van der Waals surface area contributed by atoms with E-state index in [2.05, 4.69) is 10.1 Å². The number of nitrogens with one attached hydrogen (secondary N) is 1. The van der Waals surface area contributed by atoms with Crippen molar-refractivity contribution < 1.29 is 19.1 Å². The molecule has 0 bridgehead atoms. The topological polar surface area (TPSA) is 72.5 Å². The summed E-state index contributed by atoms with van der Waals surface area (Å²) in [7, 11) is 1.27. The van der Waals surface area contributed by atoms with Gasteiger partial charge in [0, 0.05) is 10.8 Å². The lowest BCUT2D eigenvalue weighted by Gasteiger charge is -2.03. The number of carbonyl (C=O) groups is 3. The minimum Gasteiger partial charge on any atom is -0.465 e. The van der Waals surface area contributed by atoms with Crippen molar-refractivity contribution in [3.63, 3.8) is 0 Å². The van der Waals surface area contributed by atoms with E-state index in [4.69, 9.17) is 0 Å². The number of ether oxygens (including phenoxy) is 1. The van der Waals surface area contributed by atoms with Crippen LogP contribution in [-0.4, -0.2) is 24.8 Å². The smallest absolute Gasteiger partial charge is 0.340 e. The van der Waals surface area contributed by atoms with Crippen molar-refractivity contribution in [3.8, 4) is 0 Å². The van der Waals surface area contributed by atoms with E-state index in [9.17, 15) is 14.4 Å². The highest BCUT2D eigenvalue weighted by atomic mass is 32.1. The maximum absolute atomic E-state index is 11.3. The van der Waals surface area contributed by atoms with Gasteiger partial charge in [0.25, 0.3) is 0 Å². The van der Waals surface area contributed by atoms with Crippen molar-refractivity contribution in [2.75, 3.05) is 12.4 Å². The van der Waals surface area contributed by atoms with Gasteiger partial charge >= 0.3 is 5.97 Å². The fraction of sp³-hybridized carbons (Fsp3) is 0.300. The third kappa shape index (κ3) is 3.16. The van der Waals surface area contributed by atoms with Crippen LogP contribution in [0.2, 0.25) is 0 Å². The third-order valence-corrected chi connectivity index (χ3v) is 2.49. The molecule has 5 nitrogen and oxygen atoms in total. The Kier molecular flexibility index (Phi) is 4.19.